The van der Waals surface area contributed by atoms with E-state index in [0.29, 0.717) is 18.2 Å². The summed E-state index contributed by atoms with van der Waals surface area (Å²) in [5.74, 6) is -0.494. The first kappa shape index (κ1) is 11.9. The molecule has 0 saturated heterocycles. The average molecular weight is 250 g/mol. The molecule has 2 rings (SSSR count). The highest BCUT2D eigenvalue weighted by molar-refractivity contribution is 7.09. The molecule has 2 heterocycles. The van der Waals surface area contributed by atoms with E-state index in [-0.39, 0.29) is 0 Å². The second-order valence-electron chi connectivity index (χ2n) is 4.16. The number of carboxylic acid groups (broad SMARTS) is 1. The molecular formula is C12H14N2O2S. The van der Waals surface area contributed by atoms with Gasteiger partial charge in [-0.3, -0.25) is 0 Å². The highest BCUT2D eigenvalue weighted by Gasteiger charge is 2.11. The van der Waals surface area contributed by atoms with Crippen LogP contribution in [-0.2, 0) is 6.54 Å². The van der Waals surface area contributed by atoms with Crippen LogP contribution >= 0.6 is 11.3 Å². The van der Waals surface area contributed by atoms with E-state index in [9.17, 15) is 4.79 Å². The first-order valence-electron chi connectivity index (χ1n) is 5.40. The summed E-state index contributed by atoms with van der Waals surface area (Å²) >= 11 is 1.62. The highest BCUT2D eigenvalue weighted by atomic mass is 32.1. The molecule has 0 amide bonds. The molecule has 0 unspecified atom stereocenters. The Morgan fingerprint density at radius 1 is 1.59 bits per heavy atom. The number of thiazole rings is 1. The molecule has 0 aromatic carbocycles. The highest BCUT2D eigenvalue weighted by Crippen LogP contribution is 2.20. The van der Waals surface area contributed by atoms with Gasteiger partial charge in [0.05, 0.1) is 17.2 Å². The van der Waals surface area contributed by atoms with E-state index in [1.165, 1.54) is 0 Å². The lowest BCUT2D eigenvalue weighted by Crippen LogP contribution is -2.08. The Hall–Kier alpha value is -1.62. The lowest BCUT2D eigenvalue weighted by Gasteiger charge is -2.03. The molecule has 0 bridgehead atoms. The molecule has 2 aromatic rings. The summed E-state index contributed by atoms with van der Waals surface area (Å²) in [5.41, 5.74) is 1.21. The summed E-state index contributed by atoms with van der Waals surface area (Å²) in [6, 6.07) is 3.33. The Kier molecular flexibility index (Phi) is 3.28. The number of aromatic carboxylic acids is 1. The maximum Gasteiger partial charge on any atom is 0.352 e. The van der Waals surface area contributed by atoms with Gasteiger partial charge in [-0.1, -0.05) is 13.8 Å². The van der Waals surface area contributed by atoms with Crippen LogP contribution in [0.1, 0.15) is 41.0 Å². The summed E-state index contributed by atoms with van der Waals surface area (Å²) in [6.07, 6.45) is 1.76. The molecule has 4 nitrogen and oxygen atoms in total. The summed E-state index contributed by atoms with van der Waals surface area (Å²) in [6.45, 7) is 4.71. The van der Waals surface area contributed by atoms with Crippen molar-refractivity contribution in [3.8, 4) is 0 Å². The van der Waals surface area contributed by atoms with E-state index in [1.54, 1.807) is 34.2 Å². The molecule has 0 saturated carbocycles. The third-order valence-corrected chi connectivity index (χ3v) is 3.64. The van der Waals surface area contributed by atoms with Gasteiger partial charge in [-0.25, -0.2) is 9.78 Å². The minimum Gasteiger partial charge on any atom is -0.477 e. The molecule has 90 valence electrons. The zero-order valence-electron chi connectivity index (χ0n) is 9.75. The SMILES string of the molecule is CC(C)c1nc(Cn2cccc2C(=O)O)cs1. The van der Waals surface area contributed by atoms with E-state index >= 15 is 0 Å². The van der Waals surface area contributed by atoms with Gasteiger partial charge in [-0.05, 0) is 12.1 Å². The predicted octanol–water partition coefficient (Wildman–Crippen LogP) is 2.81. The molecule has 0 atom stereocenters. The lowest BCUT2D eigenvalue weighted by molar-refractivity contribution is 0.0685. The predicted molar refractivity (Wildman–Crippen MR) is 66.7 cm³/mol. The fourth-order valence-corrected chi connectivity index (χ4v) is 2.41. The van der Waals surface area contributed by atoms with E-state index in [4.69, 9.17) is 5.11 Å². The van der Waals surface area contributed by atoms with Gasteiger partial charge < -0.3 is 9.67 Å². The van der Waals surface area contributed by atoms with Crippen LogP contribution in [0.4, 0.5) is 0 Å². The summed E-state index contributed by atoms with van der Waals surface area (Å²) in [4.78, 5) is 15.4. The fourth-order valence-electron chi connectivity index (χ4n) is 1.58. The number of aromatic nitrogens is 2. The van der Waals surface area contributed by atoms with Crippen molar-refractivity contribution in [1.82, 2.24) is 9.55 Å². The largest absolute Gasteiger partial charge is 0.477 e. The number of rotatable bonds is 4. The maximum atomic E-state index is 10.9. The summed E-state index contributed by atoms with van der Waals surface area (Å²) < 4.78 is 1.70. The number of carboxylic acids is 1. The van der Waals surface area contributed by atoms with Crippen molar-refractivity contribution in [1.29, 1.82) is 0 Å². The molecule has 0 aliphatic carbocycles. The van der Waals surface area contributed by atoms with Crippen LogP contribution in [0.15, 0.2) is 23.7 Å². The molecule has 0 aliphatic heterocycles. The zero-order valence-corrected chi connectivity index (χ0v) is 10.6. The monoisotopic (exact) mass is 250 g/mol. The average Bonchev–Trinajstić information content (AvgIpc) is 2.86. The Morgan fingerprint density at radius 3 is 2.94 bits per heavy atom. The molecular weight excluding hydrogens is 236 g/mol. The molecule has 17 heavy (non-hydrogen) atoms. The second-order valence-corrected chi connectivity index (χ2v) is 5.05. The number of hydrogen-bond donors (Lipinski definition) is 1. The normalized spacial score (nSPS) is 11.0. The molecule has 1 N–H and O–H groups in total. The summed E-state index contributed by atoms with van der Waals surface area (Å²) in [7, 11) is 0. The van der Waals surface area contributed by atoms with Gasteiger partial charge in [0.25, 0.3) is 0 Å². The quantitative estimate of drug-likeness (QED) is 0.907. The van der Waals surface area contributed by atoms with Crippen molar-refractivity contribution in [3.63, 3.8) is 0 Å². The minimum absolute atomic E-state index is 0.295. The van der Waals surface area contributed by atoms with E-state index in [1.807, 2.05) is 5.38 Å². The first-order valence-corrected chi connectivity index (χ1v) is 6.28. The number of carbonyl (C=O) groups is 1. The second kappa shape index (κ2) is 4.71. The van der Waals surface area contributed by atoms with E-state index < -0.39 is 5.97 Å². The number of nitrogens with zero attached hydrogens (tertiary/aromatic N) is 2. The van der Waals surface area contributed by atoms with Crippen LogP contribution in [-0.4, -0.2) is 20.6 Å². The zero-order chi connectivity index (χ0) is 12.4. The van der Waals surface area contributed by atoms with Crippen LogP contribution in [0.3, 0.4) is 0 Å². The number of hydrogen-bond acceptors (Lipinski definition) is 3. The van der Waals surface area contributed by atoms with Gasteiger partial charge in [-0.2, -0.15) is 0 Å². The van der Waals surface area contributed by atoms with Crippen LogP contribution in [0.25, 0.3) is 0 Å². The van der Waals surface area contributed by atoms with Gasteiger partial charge in [0, 0.05) is 17.5 Å². The van der Waals surface area contributed by atoms with E-state index in [2.05, 4.69) is 18.8 Å². The Balaban J connectivity index is 2.19. The smallest absolute Gasteiger partial charge is 0.352 e. The third-order valence-electron chi connectivity index (χ3n) is 2.44. The molecule has 0 radical (unpaired) electrons. The molecule has 0 aliphatic rings. The van der Waals surface area contributed by atoms with Crippen LogP contribution < -0.4 is 0 Å². The van der Waals surface area contributed by atoms with Crippen LogP contribution in [0, 0.1) is 0 Å². The van der Waals surface area contributed by atoms with Crippen molar-refractivity contribution in [3.05, 3.63) is 40.1 Å². The first-order chi connectivity index (χ1) is 8.08. The van der Waals surface area contributed by atoms with Crippen molar-refractivity contribution in [2.24, 2.45) is 0 Å². The third kappa shape index (κ3) is 2.55. The maximum absolute atomic E-state index is 10.9. The molecule has 2 aromatic heterocycles. The minimum atomic E-state index is -0.908. The van der Waals surface area contributed by atoms with Crippen LogP contribution in [0.5, 0.6) is 0 Å². The van der Waals surface area contributed by atoms with Gasteiger partial charge >= 0.3 is 5.97 Å². The summed E-state index contributed by atoms with van der Waals surface area (Å²) in [5, 5.41) is 12.1. The van der Waals surface area contributed by atoms with Crippen LogP contribution in [0.2, 0.25) is 0 Å². The lowest BCUT2D eigenvalue weighted by atomic mass is 10.2. The van der Waals surface area contributed by atoms with Crippen molar-refractivity contribution < 1.29 is 9.90 Å². The Bertz CT molecular complexity index is 528. The molecule has 0 fully saturated rings. The van der Waals surface area contributed by atoms with Crippen molar-refractivity contribution in [2.45, 2.75) is 26.3 Å². The van der Waals surface area contributed by atoms with Gasteiger partial charge in [0.2, 0.25) is 0 Å². The van der Waals surface area contributed by atoms with Crippen molar-refractivity contribution >= 4 is 17.3 Å². The van der Waals surface area contributed by atoms with Gasteiger partial charge in [0.15, 0.2) is 0 Å². The Morgan fingerprint density at radius 2 is 2.35 bits per heavy atom. The standard InChI is InChI=1S/C12H14N2O2S/c1-8(2)11-13-9(7-17-11)6-14-5-3-4-10(14)12(15)16/h3-5,7-8H,6H2,1-2H3,(H,15,16). The topological polar surface area (TPSA) is 55.1 Å². The fraction of sp³-hybridized carbons (Fsp3) is 0.333. The molecule has 0 spiro atoms. The molecule has 5 heteroatoms. The van der Waals surface area contributed by atoms with Crippen molar-refractivity contribution in [2.75, 3.05) is 0 Å². The Labute approximate surface area is 104 Å². The van der Waals surface area contributed by atoms with Gasteiger partial charge in [-0.15, -0.1) is 11.3 Å². The van der Waals surface area contributed by atoms with Gasteiger partial charge in [0.1, 0.15) is 5.69 Å². The van der Waals surface area contributed by atoms with E-state index in [0.717, 1.165) is 10.7 Å².